The lowest BCUT2D eigenvalue weighted by atomic mass is 9.92. The monoisotopic (exact) mass is 479 g/mol. The van der Waals surface area contributed by atoms with Crippen LogP contribution in [0.15, 0.2) is 53.7 Å². The van der Waals surface area contributed by atoms with Crippen molar-refractivity contribution in [2.45, 2.75) is 49.6 Å². The summed E-state index contributed by atoms with van der Waals surface area (Å²) in [7, 11) is 0. The molecule has 0 aliphatic carbocycles. The minimum atomic E-state index is -0.765. The molecule has 3 heterocycles. The first kappa shape index (κ1) is 23.9. The van der Waals surface area contributed by atoms with Crippen LogP contribution in [0.25, 0.3) is 10.9 Å². The third-order valence-electron chi connectivity index (χ3n) is 6.46. The summed E-state index contributed by atoms with van der Waals surface area (Å²) in [6, 6.07) is 13.4. The minimum absolute atomic E-state index is 0.0519. The van der Waals surface area contributed by atoms with Crippen LogP contribution in [0, 0.1) is 17.2 Å². The second-order valence-electron chi connectivity index (χ2n) is 8.66. The molecule has 1 atom stereocenters. The van der Waals surface area contributed by atoms with Gasteiger partial charge in [0.25, 0.3) is 0 Å². The number of likely N-dealkylation sites (tertiary alicyclic amines) is 1. The number of aromatic amines is 1. The molecule has 0 bridgehead atoms. The van der Waals surface area contributed by atoms with Crippen molar-refractivity contribution >= 4 is 34.7 Å². The number of amides is 1. The fourth-order valence-electron chi connectivity index (χ4n) is 4.48. The predicted octanol–water partition coefficient (Wildman–Crippen LogP) is 4.00. The van der Waals surface area contributed by atoms with Crippen LogP contribution in [0.2, 0.25) is 0 Å². The van der Waals surface area contributed by atoms with Crippen LogP contribution < -0.4 is 4.72 Å². The van der Waals surface area contributed by atoms with E-state index < -0.39 is 12.0 Å². The summed E-state index contributed by atoms with van der Waals surface area (Å²) < 4.78 is 5.28. The van der Waals surface area contributed by atoms with Crippen molar-refractivity contribution < 1.29 is 14.7 Å². The Labute approximate surface area is 203 Å². The third kappa shape index (κ3) is 5.82. The van der Waals surface area contributed by atoms with E-state index >= 15 is 0 Å². The standard InChI is InChI=1S/C25H29N5O3S/c26-17-19-3-2-13-29(19)16-11-22(28-34-23-5-1-4-21-20(23)8-12-27-21)25(33)30-14-9-18(10-15-30)6-7-24(31)32/h1-5,8,12-13,18,22,27-28H,6-7,9-11,14-16H2,(H,31,32). The number of aromatic nitrogens is 2. The predicted molar refractivity (Wildman–Crippen MR) is 131 cm³/mol. The zero-order valence-electron chi connectivity index (χ0n) is 18.9. The summed E-state index contributed by atoms with van der Waals surface area (Å²) in [5.74, 6) is -0.361. The van der Waals surface area contributed by atoms with Gasteiger partial charge in [-0.05, 0) is 73.9 Å². The van der Waals surface area contributed by atoms with Crippen molar-refractivity contribution in [2.24, 2.45) is 5.92 Å². The molecule has 1 amide bonds. The Bertz CT molecular complexity index is 1170. The Morgan fingerprint density at radius 3 is 2.82 bits per heavy atom. The molecule has 0 radical (unpaired) electrons. The van der Waals surface area contributed by atoms with Crippen LogP contribution in [0.5, 0.6) is 0 Å². The number of carbonyl (C=O) groups is 2. The van der Waals surface area contributed by atoms with Gasteiger partial charge in [-0.15, -0.1) is 0 Å². The quantitative estimate of drug-likeness (QED) is 0.379. The first-order valence-corrected chi connectivity index (χ1v) is 12.4. The van der Waals surface area contributed by atoms with E-state index in [1.165, 1.54) is 11.9 Å². The Balaban J connectivity index is 1.42. The third-order valence-corrected chi connectivity index (χ3v) is 7.44. The normalized spacial score (nSPS) is 15.3. The van der Waals surface area contributed by atoms with E-state index in [-0.39, 0.29) is 12.3 Å². The van der Waals surface area contributed by atoms with Crippen molar-refractivity contribution in [1.29, 1.82) is 5.26 Å². The summed E-state index contributed by atoms with van der Waals surface area (Å²) >= 11 is 1.46. The number of H-pyrrole nitrogens is 1. The number of benzene rings is 1. The van der Waals surface area contributed by atoms with E-state index in [0.717, 1.165) is 28.6 Å². The van der Waals surface area contributed by atoms with Gasteiger partial charge < -0.3 is 19.6 Å². The molecule has 3 N–H and O–H groups in total. The number of aryl methyl sites for hydroxylation is 1. The van der Waals surface area contributed by atoms with Crippen LogP contribution in [0.3, 0.4) is 0 Å². The lowest BCUT2D eigenvalue weighted by molar-refractivity contribution is -0.138. The van der Waals surface area contributed by atoms with Crippen molar-refractivity contribution in [2.75, 3.05) is 13.1 Å². The van der Waals surface area contributed by atoms with Gasteiger partial charge in [-0.2, -0.15) is 5.26 Å². The van der Waals surface area contributed by atoms with Gasteiger partial charge in [0.05, 0.1) is 6.04 Å². The van der Waals surface area contributed by atoms with E-state index in [0.29, 0.717) is 44.1 Å². The molecule has 0 saturated carbocycles. The number of hydrogen-bond acceptors (Lipinski definition) is 5. The number of carboxylic acid groups (broad SMARTS) is 1. The fraction of sp³-hybridized carbons (Fsp3) is 0.400. The molecule has 0 spiro atoms. The number of carbonyl (C=O) groups excluding carboxylic acids is 1. The Morgan fingerprint density at radius 1 is 1.24 bits per heavy atom. The van der Waals surface area contributed by atoms with Gasteiger partial charge >= 0.3 is 5.97 Å². The maximum absolute atomic E-state index is 13.5. The van der Waals surface area contributed by atoms with Gasteiger partial charge in [0.2, 0.25) is 5.91 Å². The van der Waals surface area contributed by atoms with E-state index in [9.17, 15) is 14.9 Å². The Hall–Kier alpha value is -3.22. The molecule has 1 unspecified atom stereocenters. The highest BCUT2D eigenvalue weighted by molar-refractivity contribution is 7.97. The Kier molecular flexibility index (Phi) is 7.93. The van der Waals surface area contributed by atoms with Gasteiger partial charge in [-0.25, -0.2) is 4.72 Å². The van der Waals surface area contributed by atoms with Gasteiger partial charge in [0.15, 0.2) is 0 Å². The van der Waals surface area contributed by atoms with Crippen molar-refractivity contribution in [3.63, 3.8) is 0 Å². The van der Waals surface area contributed by atoms with Gasteiger partial charge in [0, 0.05) is 54.2 Å². The molecule has 4 rings (SSSR count). The first-order valence-electron chi connectivity index (χ1n) is 11.6. The van der Waals surface area contributed by atoms with Crippen molar-refractivity contribution in [1.82, 2.24) is 19.2 Å². The molecule has 1 aromatic carbocycles. The smallest absolute Gasteiger partial charge is 0.303 e. The molecule has 3 aromatic rings. The topological polar surface area (TPSA) is 114 Å². The molecule has 1 saturated heterocycles. The summed E-state index contributed by atoms with van der Waals surface area (Å²) in [4.78, 5) is 30.5. The fourth-order valence-corrected chi connectivity index (χ4v) is 5.40. The van der Waals surface area contributed by atoms with Gasteiger partial charge in [-0.1, -0.05) is 6.07 Å². The molecule has 1 aliphatic rings. The van der Waals surface area contributed by atoms with Crippen LogP contribution in [-0.2, 0) is 16.1 Å². The van der Waals surface area contributed by atoms with Crippen LogP contribution in [0.1, 0.15) is 37.8 Å². The number of nitriles is 1. The summed E-state index contributed by atoms with van der Waals surface area (Å²) in [6.07, 6.45) is 6.83. The minimum Gasteiger partial charge on any atom is -0.481 e. The average molecular weight is 480 g/mol. The number of piperidine rings is 1. The van der Waals surface area contributed by atoms with Crippen LogP contribution >= 0.6 is 11.9 Å². The van der Waals surface area contributed by atoms with Crippen molar-refractivity contribution in [3.8, 4) is 6.07 Å². The van der Waals surface area contributed by atoms with Gasteiger partial charge in [-0.3, -0.25) is 9.59 Å². The highest BCUT2D eigenvalue weighted by Gasteiger charge is 2.28. The van der Waals surface area contributed by atoms with Gasteiger partial charge in [0.1, 0.15) is 11.8 Å². The number of rotatable bonds is 10. The second kappa shape index (κ2) is 11.3. The zero-order valence-corrected chi connectivity index (χ0v) is 19.8. The molecule has 9 heteroatoms. The van der Waals surface area contributed by atoms with E-state index in [1.807, 2.05) is 52.2 Å². The lowest BCUT2D eigenvalue weighted by Gasteiger charge is -2.34. The summed E-state index contributed by atoms with van der Waals surface area (Å²) in [5, 5.41) is 19.4. The SMILES string of the molecule is N#Cc1cccn1CCC(NSc1cccc2[nH]ccc12)C(=O)N1CCC(CCC(=O)O)CC1. The summed E-state index contributed by atoms with van der Waals surface area (Å²) in [6.45, 7) is 1.85. The van der Waals surface area contributed by atoms with E-state index in [1.54, 1.807) is 6.07 Å². The number of nitrogens with zero attached hydrogens (tertiary/aromatic N) is 3. The largest absolute Gasteiger partial charge is 0.481 e. The number of aliphatic carboxylic acids is 1. The van der Waals surface area contributed by atoms with Crippen LogP contribution in [-0.4, -0.2) is 50.6 Å². The molecule has 1 aliphatic heterocycles. The van der Waals surface area contributed by atoms with Crippen molar-refractivity contribution in [3.05, 3.63) is 54.5 Å². The average Bonchev–Trinajstić information content (AvgIpc) is 3.52. The molecule has 34 heavy (non-hydrogen) atoms. The molecule has 178 valence electrons. The van der Waals surface area contributed by atoms with E-state index in [2.05, 4.69) is 15.8 Å². The van der Waals surface area contributed by atoms with E-state index in [4.69, 9.17) is 5.11 Å². The molecular weight excluding hydrogens is 450 g/mol. The lowest BCUT2D eigenvalue weighted by Crippen LogP contribution is -2.48. The molecule has 8 nitrogen and oxygen atoms in total. The first-order chi connectivity index (χ1) is 16.5. The second-order valence-corrected chi connectivity index (χ2v) is 9.54. The molecule has 1 fully saturated rings. The summed E-state index contributed by atoms with van der Waals surface area (Å²) in [5.41, 5.74) is 1.62. The number of hydrogen-bond donors (Lipinski definition) is 3. The number of carboxylic acids is 1. The Morgan fingerprint density at radius 2 is 2.06 bits per heavy atom. The number of nitrogens with one attached hydrogen (secondary N) is 2. The molecular formula is C25H29N5O3S. The van der Waals surface area contributed by atoms with Crippen LogP contribution in [0.4, 0.5) is 0 Å². The molecule has 2 aromatic heterocycles. The highest BCUT2D eigenvalue weighted by Crippen LogP contribution is 2.27. The number of fused-ring (bicyclic) bond motifs is 1. The maximum Gasteiger partial charge on any atom is 0.303 e. The zero-order chi connectivity index (χ0) is 23.9. The highest BCUT2D eigenvalue weighted by atomic mass is 32.2. The maximum atomic E-state index is 13.5.